The Bertz CT molecular complexity index is 500. The first-order valence-corrected chi connectivity index (χ1v) is 6.07. The van der Waals surface area contributed by atoms with E-state index < -0.39 is 0 Å². The molecule has 0 spiro atoms. The largest absolute Gasteiger partial charge is 0.314 e. The van der Waals surface area contributed by atoms with Crippen LogP contribution in [-0.2, 0) is 6.42 Å². The third-order valence-electron chi connectivity index (χ3n) is 3.25. The number of hydrogen-bond donors (Lipinski definition) is 2. The van der Waals surface area contributed by atoms with Gasteiger partial charge in [0.15, 0.2) is 0 Å². The van der Waals surface area contributed by atoms with Gasteiger partial charge in [0.25, 0.3) is 0 Å². The fourth-order valence-electron chi connectivity index (χ4n) is 2.46. The molecule has 3 nitrogen and oxygen atoms in total. The Kier molecular flexibility index (Phi) is 2.58. The number of nitrogens with one attached hydrogen (secondary N) is 2. The Morgan fingerprint density at radius 3 is 3.19 bits per heavy atom. The lowest BCUT2D eigenvalue weighted by atomic mass is 10.0. The van der Waals surface area contributed by atoms with Gasteiger partial charge < -0.3 is 5.32 Å². The molecule has 1 unspecified atom stereocenters. The summed E-state index contributed by atoms with van der Waals surface area (Å²) >= 11 is 6.12. The van der Waals surface area contributed by atoms with Crippen LogP contribution in [0.15, 0.2) is 18.2 Å². The summed E-state index contributed by atoms with van der Waals surface area (Å²) < 4.78 is 0. The molecule has 0 saturated carbocycles. The molecule has 2 N–H and O–H groups in total. The number of H-pyrrole nitrogens is 1. The standard InChI is InChI=1S/C12H14ClN3/c13-12-11-8(7-9-4-2-6-14-9)3-1-5-10(11)15-16-12/h1,3,5,9,14H,2,4,6-7H2,(H,15,16). The van der Waals surface area contributed by atoms with Crippen LogP contribution < -0.4 is 5.32 Å². The number of aromatic nitrogens is 2. The second-order valence-corrected chi connectivity index (χ2v) is 4.72. The Morgan fingerprint density at radius 1 is 1.44 bits per heavy atom. The van der Waals surface area contributed by atoms with Gasteiger partial charge in [-0.1, -0.05) is 23.7 Å². The van der Waals surface area contributed by atoms with Crippen LogP contribution in [0.4, 0.5) is 0 Å². The highest BCUT2D eigenvalue weighted by Crippen LogP contribution is 2.26. The molecule has 1 aromatic carbocycles. The van der Waals surface area contributed by atoms with E-state index in [1.807, 2.05) is 12.1 Å². The molecule has 1 saturated heterocycles. The molecule has 0 bridgehead atoms. The Balaban J connectivity index is 1.98. The first-order chi connectivity index (χ1) is 7.84. The molecule has 0 amide bonds. The summed E-state index contributed by atoms with van der Waals surface area (Å²) in [6.45, 7) is 1.14. The fourth-order valence-corrected chi connectivity index (χ4v) is 2.73. The third-order valence-corrected chi connectivity index (χ3v) is 3.52. The summed E-state index contributed by atoms with van der Waals surface area (Å²) in [4.78, 5) is 0. The molecule has 1 atom stereocenters. The topological polar surface area (TPSA) is 40.7 Å². The molecule has 0 radical (unpaired) electrons. The lowest BCUT2D eigenvalue weighted by Gasteiger charge is -2.10. The highest BCUT2D eigenvalue weighted by molar-refractivity contribution is 6.34. The van der Waals surface area contributed by atoms with Crippen molar-refractivity contribution in [1.82, 2.24) is 15.5 Å². The van der Waals surface area contributed by atoms with Crippen molar-refractivity contribution in [1.29, 1.82) is 0 Å². The van der Waals surface area contributed by atoms with E-state index in [1.54, 1.807) is 0 Å². The minimum atomic E-state index is 0.594. The lowest BCUT2D eigenvalue weighted by molar-refractivity contribution is 0.605. The predicted molar refractivity (Wildman–Crippen MR) is 65.8 cm³/mol. The summed E-state index contributed by atoms with van der Waals surface area (Å²) in [7, 11) is 0. The van der Waals surface area contributed by atoms with Crippen molar-refractivity contribution < 1.29 is 0 Å². The highest BCUT2D eigenvalue weighted by Gasteiger charge is 2.17. The van der Waals surface area contributed by atoms with Gasteiger partial charge in [0.05, 0.1) is 5.52 Å². The van der Waals surface area contributed by atoms with Gasteiger partial charge in [-0.15, -0.1) is 0 Å². The van der Waals surface area contributed by atoms with E-state index in [9.17, 15) is 0 Å². The Hall–Kier alpha value is -1.06. The highest BCUT2D eigenvalue weighted by atomic mass is 35.5. The second kappa shape index (κ2) is 4.07. The molecule has 3 rings (SSSR count). The molecule has 1 aromatic heterocycles. The van der Waals surface area contributed by atoms with E-state index in [4.69, 9.17) is 11.6 Å². The van der Waals surface area contributed by atoms with Crippen LogP contribution in [0.1, 0.15) is 18.4 Å². The number of halogens is 1. The van der Waals surface area contributed by atoms with Gasteiger partial charge in [0, 0.05) is 11.4 Å². The van der Waals surface area contributed by atoms with E-state index in [2.05, 4.69) is 21.6 Å². The van der Waals surface area contributed by atoms with Crippen molar-refractivity contribution in [2.24, 2.45) is 0 Å². The molecule has 1 fully saturated rings. The molecule has 1 aliphatic rings. The van der Waals surface area contributed by atoms with Crippen LogP contribution in [-0.4, -0.2) is 22.8 Å². The number of aromatic amines is 1. The quantitative estimate of drug-likeness (QED) is 0.840. The SMILES string of the molecule is Clc1[nH]nc2cccc(CC3CCCN3)c12. The van der Waals surface area contributed by atoms with Crippen molar-refractivity contribution in [3.05, 3.63) is 28.9 Å². The van der Waals surface area contributed by atoms with E-state index in [0.717, 1.165) is 23.9 Å². The maximum atomic E-state index is 6.12. The van der Waals surface area contributed by atoms with Gasteiger partial charge in [-0.3, -0.25) is 5.10 Å². The van der Waals surface area contributed by atoms with Crippen molar-refractivity contribution in [2.75, 3.05) is 6.54 Å². The summed E-state index contributed by atoms with van der Waals surface area (Å²) in [5.74, 6) is 0. The summed E-state index contributed by atoms with van der Waals surface area (Å²) in [6.07, 6.45) is 3.57. The van der Waals surface area contributed by atoms with Crippen LogP contribution in [0.3, 0.4) is 0 Å². The van der Waals surface area contributed by atoms with E-state index in [0.29, 0.717) is 11.2 Å². The number of hydrogen-bond acceptors (Lipinski definition) is 2. The van der Waals surface area contributed by atoms with Crippen molar-refractivity contribution in [3.8, 4) is 0 Å². The molecule has 16 heavy (non-hydrogen) atoms. The summed E-state index contributed by atoms with van der Waals surface area (Å²) in [5.41, 5.74) is 2.25. The molecule has 1 aliphatic heterocycles. The smallest absolute Gasteiger partial charge is 0.132 e. The van der Waals surface area contributed by atoms with Crippen molar-refractivity contribution in [3.63, 3.8) is 0 Å². The Labute approximate surface area is 99.2 Å². The third kappa shape index (κ3) is 1.70. The minimum absolute atomic E-state index is 0.594. The van der Waals surface area contributed by atoms with Crippen LogP contribution in [0.5, 0.6) is 0 Å². The minimum Gasteiger partial charge on any atom is -0.314 e. The van der Waals surface area contributed by atoms with Crippen molar-refractivity contribution in [2.45, 2.75) is 25.3 Å². The van der Waals surface area contributed by atoms with Crippen LogP contribution in [0.2, 0.25) is 5.15 Å². The van der Waals surface area contributed by atoms with Gasteiger partial charge in [-0.25, -0.2) is 0 Å². The maximum Gasteiger partial charge on any atom is 0.132 e. The second-order valence-electron chi connectivity index (χ2n) is 4.35. The first-order valence-electron chi connectivity index (χ1n) is 5.69. The van der Waals surface area contributed by atoms with Gasteiger partial charge in [-0.05, 0) is 37.4 Å². The molecular formula is C12H14ClN3. The van der Waals surface area contributed by atoms with Crippen LogP contribution in [0.25, 0.3) is 10.9 Å². The zero-order valence-corrected chi connectivity index (χ0v) is 9.72. The van der Waals surface area contributed by atoms with E-state index >= 15 is 0 Å². The van der Waals surface area contributed by atoms with Gasteiger partial charge in [-0.2, -0.15) is 5.10 Å². The molecule has 2 aromatic rings. The Morgan fingerprint density at radius 2 is 2.38 bits per heavy atom. The predicted octanol–water partition coefficient (Wildman–Crippen LogP) is 2.51. The molecule has 84 valence electrons. The van der Waals surface area contributed by atoms with E-state index in [1.165, 1.54) is 18.4 Å². The number of rotatable bonds is 2. The molecule has 4 heteroatoms. The van der Waals surface area contributed by atoms with Gasteiger partial charge in [0.1, 0.15) is 5.15 Å². The number of nitrogens with zero attached hydrogens (tertiary/aromatic N) is 1. The van der Waals surface area contributed by atoms with Gasteiger partial charge in [0.2, 0.25) is 0 Å². The monoisotopic (exact) mass is 235 g/mol. The zero-order valence-electron chi connectivity index (χ0n) is 8.96. The molecular weight excluding hydrogens is 222 g/mol. The lowest BCUT2D eigenvalue weighted by Crippen LogP contribution is -2.23. The zero-order chi connectivity index (χ0) is 11.0. The van der Waals surface area contributed by atoms with Crippen LogP contribution >= 0.6 is 11.6 Å². The summed E-state index contributed by atoms with van der Waals surface area (Å²) in [5, 5.41) is 12.3. The molecule has 0 aliphatic carbocycles. The van der Waals surface area contributed by atoms with E-state index in [-0.39, 0.29) is 0 Å². The average Bonchev–Trinajstić information content (AvgIpc) is 2.90. The first kappa shape index (κ1) is 10.1. The average molecular weight is 236 g/mol. The number of benzene rings is 1. The number of fused-ring (bicyclic) bond motifs is 1. The van der Waals surface area contributed by atoms with Gasteiger partial charge >= 0.3 is 0 Å². The van der Waals surface area contributed by atoms with Crippen molar-refractivity contribution >= 4 is 22.5 Å². The normalized spacial score (nSPS) is 20.7. The molecule has 2 heterocycles. The maximum absolute atomic E-state index is 6.12. The van der Waals surface area contributed by atoms with Crippen LogP contribution in [0, 0.1) is 0 Å². The fraction of sp³-hybridized carbons (Fsp3) is 0.417. The summed E-state index contributed by atoms with van der Waals surface area (Å²) in [6, 6.07) is 6.77.